The number of aryl methyl sites for hydroxylation is 2. The molecular formula is C18H20BrN5O2. The first kappa shape index (κ1) is 19.7. The molecule has 0 spiro atoms. The van der Waals surface area contributed by atoms with Crippen molar-refractivity contribution in [2.24, 2.45) is 0 Å². The molecule has 1 heterocycles. The summed E-state index contributed by atoms with van der Waals surface area (Å²) in [6.45, 7) is 4.36. The molecule has 8 heteroatoms. The van der Waals surface area contributed by atoms with Crippen LogP contribution >= 0.6 is 15.9 Å². The second kappa shape index (κ2) is 9.15. The van der Waals surface area contributed by atoms with Gasteiger partial charge in [-0.15, -0.1) is 0 Å². The van der Waals surface area contributed by atoms with Crippen molar-refractivity contribution in [2.75, 3.05) is 0 Å². The molecule has 2 aromatic rings. The van der Waals surface area contributed by atoms with Gasteiger partial charge in [0.2, 0.25) is 5.91 Å². The number of halogens is 1. The van der Waals surface area contributed by atoms with Gasteiger partial charge in [-0.05, 0) is 53.9 Å². The number of nitrogens with zero attached hydrogens (tertiary/aromatic N) is 3. The first-order valence-corrected chi connectivity index (χ1v) is 8.97. The minimum absolute atomic E-state index is 0.224. The van der Waals surface area contributed by atoms with Crippen molar-refractivity contribution in [1.29, 1.82) is 5.26 Å². The zero-order valence-corrected chi connectivity index (χ0v) is 16.3. The van der Waals surface area contributed by atoms with Crippen LogP contribution in [0.25, 0.3) is 0 Å². The van der Waals surface area contributed by atoms with Gasteiger partial charge in [-0.3, -0.25) is 25.1 Å². The third-order valence-corrected chi connectivity index (χ3v) is 4.69. The summed E-state index contributed by atoms with van der Waals surface area (Å²) in [4.78, 5) is 24.1. The van der Waals surface area contributed by atoms with Gasteiger partial charge in [0.15, 0.2) is 0 Å². The van der Waals surface area contributed by atoms with E-state index in [1.54, 1.807) is 28.9 Å². The van der Waals surface area contributed by atoms with E-state index in [4.69, 9.17) is 5.26 Å². The van der Waals surface area contributed by atoms with Gasteiger partial charge >= 0.3 is 0 Å². The van der Waals surface area contributed by atoms with E-state index in [9.17, 15) is 9.59 Å². The van der Waals surface area contributed by atoms with Crippen molar-refractivity contribution in [3.8, 4) is 6.07 Å². The van der Waals surface area contributed by atoms with Gasteiger partial charge < -0.3 is 0 Å². The molecule has 0 atom stereocenters. The SMILES string of the molecule is Cc1nn(CCC#N)c(C)c1CCC(=O)NNC(=O)c1ccccc1Br. The Morgan fingerprint density at radius 3 is 2.69 bits per heavy atom. The van der Waals surface area contributed by atoms with Crippen molar-refractivity contribution in [2.45, 2.75) is 39.7 Å². The monoisotopic (exact) mass is 417 g/mol. The van der Waals surface area contributed by atoms with E-state index in [-0.39, 0.29) is 18.2 Å². The van der Waals surface area contributed by atoms with Gasteiger partial charge in [0.1, 0.15) is 0 Å². The number of hydrogen-bond acceptors (Lipinski definition) is 4. The molecule has 2 rings (SSSR count). The van der Waals surface area contributed by atoms with Crippen LogP contribution < -0.4 is 10.9 Å². The molecule has 0 fully saturated rings. The Balaban J connectivity index is 1.88. The average Bonchev–Trinajstić information content (AvgIpc) is 2.89. The number of nitriles is 1. The van der Waals surface area contributed by atoms with Crippen molar-refractivity contribution < 1.29 is 9.59 Å². The van der Waals surface area contributed by atoms with Gasteiger partial charge in [-0.2, -0.15) is 10.4 Å². The zero-order valence-electron chi connectivity index (χ0n) is 14.7. The van der Waals surface area contributed by atoms with Crippen molar-refractivity contribution >= 4 is 27.7 Å². The highest BCUT2D eigenvalue weighted by Gasteiger charge is 2.14. The van der Waals surface area contributed by atoms with E-state index in [2.05, 4.69) is 37.9 Å². The predicted molar refractivity (Wildman–Crippen MR) is 100 cm³/mol. The van der Waals surface area contributed by atoms with Crippen molar-refractivity contribution in [3.05, 3.63) is 51.3 Å². The van der Waals surface area contributed by atoms with Crippen LogP contribution in [0.4, 0.5) is 0 Å². The number of aromatic nitrogens is 2. The van der Waals surface area contributed by atoms with E-state index >= 15 is 0 Å². The fraction of sp³-hybridized carbons (Fsp3) is 0.333. The van der Waals surface area contributed by atoms with Crippen LogP contribution in [-0.2, 0) is 17.8 Å². The lowest BCUT2D eigenvalue weighted by Gasteiger charge is -2.09. The molecule has 0 aliphatic rings. The van der Waals surface area contributed by atoms with Gasteiger partial charge in [-0.1, -0.05) is 12.1 Å². The largest absolute Gasteiger partial charge is 0.273 e. The highest BCUT2D eigenvalue weighted by Crippen LogP contribution is 2.16. The number of hydrazine groups is 1. The maximum absolute atomic E-state index is 12.1. The highest BCUT2D eigenvalue weighted by molar-refractivity contribution is 9.10. The fourth-order valence-electron chi connectivity index (χ4n) is 2.61. The van der Waals surface area contributed by atoms with Crippen LogP contribution in [0.15, 0.2) is 28.7 Å². The van der Waals surface area contributed by atoms with Gasteiger partial charge in [0.05, 0.1) is 30.3 Å². The topological polar surface area (TPSA) is 99.8 Å². The van der Waals surface area contributed by atoms with Crippen LogP contribution in [0.1, 0.15) is 40.2 Å². The lowest BCUT2D eigenvalue weighted by Crippen LogP contribution is -2.41. The van der Waals surface area contributed by atoms with Crippen molar-refractivity contribution in [3.63, 3.8) is 0 Å². The first-order chi connectivity index (χ1) is 12.4. The normalized spacial score (nSPS) is 10.2. The van der Waals surface area contributed by atoms with Crippen LogP contribution in [0.2, 0.25) is 0 Å². The van der Waals surface area contributed by atoms with Crippen LogP contribution in [-0.4, -0.2) is 21.6 Å². The third-order valence-electron chi connectivity index (χ3n) is 4.00. The summed E-state index contributed by atoms with van der Waals surface area (Å²) in [5, 5.41) is 13.1. The minimum Gasteiger partial charge on any atom is -0.273 e. The Bertz CT molecular complexity index is 854. The van der Waals surface area contributed by atoms with E-state index in [0.717, 1.165) is 17.0 Å². The standard InChI is InChI=1S/C18H20BrN5O2/c1-12-14(13(2)24(23-12)11-5-10-20)8-9-17(25)21-22-18(26)15-6-3-4-7-16(15)19/h3-4,6-7H,5,8-9,11H2,1-2H3,(H,21,25)(H,22,26). The van der Waals surface area contributed by atoms with E-state index in [1.165, 1.54) is 0 Å². The lowest BCUT2D eigenvalue weighted by molar-refractivity contribution is -0.121. The van der Waals surface area contributed by atoms with Gasteiger partial charge in [0.25, 0.3) is 5.91 Å². The second-order valence-electron chi connectivity index (χ2n) is 5.76. The fourth-order valence-corrected chi connectivity index (χ4v) is 3.07. The summed E-state index contributed by atoms with van der Waals surface area (Å²) in [5.41, 5.74) is 8.09. The molecule has 1 aromatic carbocycles. The Hall–Kier alpha value is -2.66. The molecule has 0 saturated carbocycles. The molecule has 1 aromatic heterocycles. The highest BCUT2D eigenvalue weighted by atomic mass is 79.9. The van der Waals surface area contributed by atoms with E-state index in [1.807, 2.05) is 13.8 Å². The molecule has 0 saturated heterocycles. The number of carbonyl (C=O) groups excluding carboxylic acids is 2. The van der Waals surface area contributed by atoms with Crippen LogP contribution in [0, 0.1) is 25.2 Å². The Labute approximate surface area is 160 Å². The molecule has 0 radical (unpaired) electrons. The number of amides is 2. The lowest BCUT2D eigenvalue weighted by atomic mass is 10.1. The Kier molecular flexibility index (Phi) is 6.92. The quantitative estimate of drug-likeness (QED) is 0.705. The molecule has 0 aliphatic heterocycles. The van der Waals surface area contributed by atoms with Crippen LogP contribution in [0.3, 0.4) is 0 Å². The Morgan fingerprint density at radius 1 is 1.27 bits per heavy atom. The first-order valence-electron chi connectivity index (χ1n) is 8.17. The summed E-state index contributed by atoms with van der Waals surface area (Å²) in [6, 6.07) is 9.07. The number of hydrogen-bond donors (Lipinski definition) is 2. The average molecular weight is 418 g/mol. The maximum atomic E-state index is 12.1. The Morgan fingerprint density at radius 2 is 2.00 bits per heavy atom. The third kappa shape index (κ3) is 4.92. The molecule has 2 N–H and O–H groups in total. The molecule has 136 valence electrons. The summed E-state index contributed by atoms with van der Waals surface area (Å²) in [5.74, 6) is -0.670. The van der Waals surface area contributed by atoms with Gasteiger partial charge in [0, 0.05) is 16.6 Å². The number of benzene rings is 1. The second-order valence-corrected chi connectivity index (χ2v) is 6.62. The number of rotatable bonds is 6. The smallest absolute Gasteiger partial charge is 0.270 e. The molecule has 26 heavy (non-hydrogen) atoms. The number of nitrogens with one attached hydrogen (secondary N) is 2. The van der Waals surface area contributed by atoms with Gasteiger partial charge in [-0.25, -0.2) is 0 Å². The molecule has 2 amide bonds. The maximum Gasteiger partial charge on any atom is 0.270 e. The number of carbonyl (C=O) groups is 2. The zero-order chi connectivity index (χ0) is 19.1. The molecule has 0 aliphatic carbocycles. The van der Waals surface area contributed by atoms with E-state index in [0.29, 0.717) is 29.4 Å². The minimum atomic E-state index is -0.387. The molecule has 0 unspecified atom stereocenters. The van der Waals surface area contributed by atoms with Crippen molar-refractivity contribution in [1.82, 2.24) is 20.6 Å². The molecular weight excluding hydrogens is 398 g/mol. The summed E-state index contributed by atoms with van der Waals surface area (Å²) in [6.07, 6.45) is 1.13. The van der Waals surface area contributed by atoms with Crippen LogP contribution in [0.5, 0.6) is 0 Å². The molecule has 0 bridgehead atoms. The molecule has 7 nitrogen and oxygen atoms in total. The summed E-state index contributed by atoms with van der Waals surface area (Å²) >= 11 is 3.30. The summed E-state index contributed by atoms with van der Waals surface area (Å²) < 4.78 is 2.45. The van der Waals surface area contributed by atoms with E-state index < -0.39 is 0 Å². The summed E-state index contributed by atoms with van der Waals surface area (Å²) in [7, 11) is 0. The predicted octanol–water partition coefficient (Wildman–Crippen LogP) is 2.57.